The average Bonchev–Trinajstić information content (AvgIpc) is 3.03. The van der Waals surface area contributed by atoms with Crippen LogP contribution >= 0.6 is 23.2 Å². The maximum absolute atomic E-state index is 6.36. The summed E-state index contributed by atoms with van der Waals surface area (Å²) >= 11 is 12.7. The first kappa shape index (κ1) is 18.4. The van der Waals surface area contributed by atoms with Crippen LogP contribution in [-0.2, 0) is 6.61 Å². The first-order valence-corrected chi connectivity index (χ1v) is 9.49. The van der Waals surface area contributed by atoms with E-state index < -0.39 is 0 Å². The van der Waals surface area contributed by atoms with Crippen LogP contribution in [0, 0.1) is 0 Å². The maximum atomic E-state index is 6.36. The molecule has 0 aliphatic rings. The van der Waals surface area contributed by atoms with Crippen molar-refractivity contribution in [2.75, 3.05) is 5.32 Å². The number of hydrogen-bond donors (Lipinski definition) is 1. The summed E-state index contributed by atoms with van der Waals surface area (Å²) < 4.78 is 7.41. The van der Waals surface area contributed by atoms with Crippen molar-refractivity contribution in [2.24, 2.45) is 0 Å². The number of hydrogen-bond acceptors (Lipinski definition) is 3. The van der Waals surface area contributed by atoms with Gasteiger partial charge in [-0.1, -0.05) is 71.7 Å². The van der Waals surface area contributed by atoms with Crippen LogP contribution in [0.2, 0.25) is 10.2 Å². The van der Waals surface area contributed by atoms with Gasteiger partial charge in [0.15, 0.2) is 11.0 Å². The van der Waals surface area contributed by atoms with Gasteiger partial charge in [-0.2, -0.15) is 0 Å². The number of rotatable bonds is 6. The summed E-state index contributed by atoms with van der Waals surface area (Å²) in [5, 5.41) is 8.41. The fourth-order valence-electron chi connectivity index (χ4n) is 2.71. The fourth-order valence-corrected chi connectivity index (χ4v) is 3.10. The second-order valence-electron chi connectivity index (χ2n) is 6.12. The summed E-state index contributed by atoms with van der Waals surface area (Å²) in [6, 6.07) is 27.3. The lowest BCUT2D eigenvalue weighted by Gasteiger charge is -2.08. The van der Waals surface area contributed by atoms with Crippen molar-refractivity contribution in [2.45, 2.75) is 6.61 Å². The summed E-state index contributed by atoms with van der Waals surface area (Å²) in [7, 11) is 0. The van der Waals surface area contributed by atoms with Crippen molar-refractivity contribution in [3.63, 3.8) is 0 Å². The van der Waals surface area contributed by atoms with Gasteiger partial charge >= 0.3 is 0 Å². The molecular weight excluding hydrogens is 393 g/mol. The molecule has 4 aromatic rings. The van der Waals surface area contributed by atoms with Gasteiger partial charge in [-0.3, -0.25) is 0 Å². The molecule has 0 aliphatic carbocycles. The first-order chi connectivity index (χ1) is 13.7. The molecule has 0 bridgehead atoms. The van der Waals surface area contributed by atoms with Crippen molar-refractivity contribution < 1.29 is 4.74 Å². The SMILES string of the molecule is Clc1c(Nc2ccc(OCc3ccccc3)cc2)nn(-c2ccccc2)c1Cl. The van der Waals surface area contributed by atoms with Crippen LogP contribution in [0.25, 0.3) is 5.69 Å². The molecule has 0 fully saturated rings. The van der Waals surface area contributed by atoms with Crippen molar-refractivity contribution in [1.82, 2.24) is 9.78 Å². The number of halogens is 2. The molecule has 0 amide bonds. The zero-order valence-corrected chi connectivity index (χ0v) is 16.4. The average molecular weight is 410 g/mol. The minimum atomic E-state index is 0.359. The Kier molecular flexibility index (Phi) is 5.51. The molecule has 1 aromatic heterocycles. The Labute approximate surface area is 173 Å². The van der Waals surface area contributed by atoms with Gasteiger partial charge in [0.05, 0.1) is 5.69 Å². The van der Waals surface area contributed by atoms with E-state index in [1.165, 1.54) is 0 Å². The number of anilines is 2. The number of aromatic nitrogens is 2. The zero-order valence-electron chi connectivity index (χ0n) is 14.8. The molecular formula is C22H17Cl2N3O. The Bertz CT molecular complexity index is 1050. The molecule has 3 aromatic carbocycles. The van der Waals surface area contributed by atoms with E-state index in [1.54, 1.807) is 4.68 Å². The Balaban J connectivity index is 1.46. The predicted molar refractivity (Wildman–Crippen MR) is 114 cm³/mol. The number of ether oxygens (including phenoxy) is 1. The number of benzene rings is 3. The van der Waals surface area contributed by atoms with Crippen molar-refractivity contribution in [1.29, 1.82) is 0 Å². The van der Waals surface area contributed by atoms with Crippen molar-refractivity contribution in [3.05, 3.63) is 101 Å². The van der Waals surface area contributed by atoms with Crippen LogP contribution < -0.4 is 10.1 Å². The van der Waals surface area contributed by atoms with Crippen LogP contribution in [0.15, 0.2) is 84.9 Å². The van der Waals surface area contributed by atoms with E-state index in [-0.39, 0.29) is 0 Å². The highest BCUT2D eigenvalue weighted by Gasteiger charge is 2.16. The van der Waals surface area contributed by atoms with Gasteiger partial charge in [-0.15, -0.1) is 5.10 Å². The largest absolute Gasteiger partial charge is 0.489 e. The Morgan fingerprint density at radius 3 is 2.14 bits per heavy atom. The summed E-state index contributed by atoms with van der Waals surface area (Å²) in [5.74, 6) is 1.28. The van der Waals surface area contributed by atoms with Crippen molar-refractivity contribution in [3.8, 4) is 11.4 Å². The Hall–Kier alpha value is -2.95. The molecule has 0 saturated carbocycles. The number of nitrogens with zero attached hydrogens (tertiary/aromatic N) is 2. The molecule has 4 rings (SSSR count). The third-order valence-corrected chi connectivity index (χ3v) is 4.94. The van der Waals surface area contributed by atoms with Crippen LogP contribution in [0.5, 0.6) is 5.75 Å². The minimum absolute atomic E-state index is 0.359. The van der Waals surface area contributed by atoms with Gasteiger partial charge in [-0.25, -0.2) is 4.68 Å². The van der Waals surface area contributed by atoms with Crippen LogP contribution in [0.1, 0.15) is 5.56 Å². The first-order valence-electron chi connectivity index (χ1n) is 8.74. The lowest BCUT2D eigenvalue weighted by atomic mass is 10.2. The standard InChI is InChI=1S/C22H17Cl2N3O/c23-20-21(24)27(18-9-5-2-6-10-18)26-22(20)25-17-11-13-19(14-12-17)28-15-16-7-3-1-4-8-16/h1-14H,15H2,(H,25,26). The van der Waals surface area contributed by atoms with Crippen LogP contribution in [0.3, 0.4) is 0 Å². The molecule has 0 radical (unpaired) electrons. The quantitative estimate of drug-likeness (QED) is 0.394. The zero-order chi connectivity index (χ0) is 19.3. The molecule has 0 aliphatic heterocycles. The molecule has 0 atom stereocenters. The number of nitrogens with one attached hydrogen (secondary N) is 1. The van der Waals surface area contributed by atoms with Gasteiger partial charge in [-0.05, 0) is 42.0 Å². The highest BCUT2D eigenvalue weighted by atomic mass is 35.5. The third-order valence-electron chi connectivity index (χ3n) is 4.14. The van der Waals surface area contributed by atoms with E-state index in [0.29, 0.717) is 22.6 Å². The van der Waals surface area contributed by atoms with E-state index in [4.69, 9.17) is 27.9 Å². The minimum Gasteiger partial charge on any atom is -0.489 e. The summed E-state index contributed by atoms with van der Waals surface area (Å²) in [5.41, 5.74) is 2.80. The third kappa shape index (κ3) is 4.14. The summed E-state index contributed by atoms with van der Waals surface area (Å²) in [6.45, 7) is 0.524. The van der Waals surface area contributed by atoms with E-state index in [9.17, 15) is 0 Å². The highest BCUT2D eigenvalue weighted by Crippen LogP contribution is 2.33. The monoisotopic (exact) mass is 409 g/mol. The number of para-hydroxylation sites is 1. The van der Waals surface area contributed by atoms with Crippen molar-refractivity contribution >= 4 is 34.7 Å². The smallest absolute Gasteiger partial charge is 0.173 e. The summed E-state index contributed by atoms with van der Waals surface area (Å²) in [4.78, 5) is 0. The highest BCUT2D eigenvalue weighted by molar-refractivity contribution is 6.43. The molecule has 0 spiro atoms. The van der Waals surface area contributed by atoms with E-state index in [0.717, 1.165) is 22.7 Å². The normalized spacial score (nSPS) is 10.6. The molecule has 0 saturated heterocycles. The molecule has 140 valence electrons. The van der Waals surface area contributed by atoms with Gasteiger partial charge < -0.3 is 10.1 Å². The lowest BCUT2D eigenvalue weighted by molar-refractivity contribution is 0.306. The van der Waals surface area contributed by atoms with E-state index in [2.05, 4.69) is 10.4 Å². The molecule has 4 nitrogen and oxygen atoms in total. The van der Waals surface area contributed by atoms with Gasteiger partial charge in [0, 0.05) is 5.69 Å². The van der Waals surface area contributed by atoms with Crippen LogP contribution in [-0.4, -0.2) is 9.78 Å². The van der Waals surface area contributed by atoms with Crippen LogP contribution in [0.4, 0.5) is 11.5 Å². The van der Waals surface area contributed by atoms with E-state index >= 15 is 0 Å². The molecule has 1 heterocycles. The fraction of sp³-hybridized carbons (Fsp3) is 0.0455. The topological polar surface area (TPSA) is 39.1 Å². The second-order valence-corrected chi connectivity index (χ2v) is 6.86. The van der Waals surface area contributed by atoms with Gasteiger partial charge in [0.25, 0.3) is 0 Å². The Morgan fingerprint density at radius 1 is 0.821 bits per heavy atom. The molecule has 28 heavy (non-hydrogen) atoms. The van der Waals surface area contributed by atoms with Gasteiger partial charge in [0.1, 0.15) is 17.4 Å². The summed E-state index contributed by atoms with van der Waals surface area (Å²) in [6.07, 6.45) is 0. The second kappa shape index (κ2) is 8.38. The predicted octanol–water partition coefficient (Wildman–Crippen LogP) is 6.50. The lowest BCUT2D eigenvalue weighted by Crippen LogP contribution is -1.98. The molecule has 1 N–H and O–H groups in total. The van der Waals surface area contributed by atoms with Gasteiger partial charge in [0.2, 0.25) is 0 Å². The van der Waals surface area contributed by atoms with E-state index in [1.807, 2.05) is 84.9 Å². The molecule has 0 unspecified atom stereocenters. The maximum Gasteiger partial charge on any atom is 0.173 e. The Morgan fingerprint density at radius 2 is 1.46 bits per heavy atom. The molecule has 6 heteroatoms.